The van der Waals surface area contributed by atoms with Crippen LogP contribution in [0, 0.1) is 11.7 Å². The molecule has 1 fully saturated rings. The summed E-state index contributed by atoms with van der Waals surface area (Å²) >= 11 is 5.68. The van der Waals surface area contributed by atoms with Gasteiger partial charge in [0.2, 0.25) is 5.91 Å². The molecule has 8 heteroatoms. The highest BCUT2D eigenvalue weighted by Gasteiger charge is 2.35. The Bertz CT molecular complexity index is 1010. The smallest absolute Gasteiger partial charge is 0.314 e. The second-order valence-electron chi connectivity index (χ2n) is 7.25. The quantitative estimate of drug-likeness (QED) is 0.749. The molecule has 2 N–H and O–H groups in total. The maximum absolute atomic E-state index is 13.2. The number of fused-ring (bicyclic) bond motifs is 1. The van der Waals surface area contributed by atoms with Crippen LogP contribution >= 0.6 is 11.6 Å². The van der Waals surface area contributed by atoms with Gasteiger partial charge in [-0.3, -0.25) is 14.4 Å². The van der Waals surface area contributed by atoms with Crippen LogP contribution < -0.4 is 15.5 Å². The number of nitrogens with zero attached hydrogens (tertiary/aromatic N) is 1. The fraction of sp³-hybridized carbons (Fsp3) is 0.286. The van der Waals surface area contributed by atoms with E-state index in [0.29, 0.717) is 12.2 Å². The predicted octanol–water partition coefficient (Wildman–Crippen LogP) is 3.75. The highest BCUT2D eigenvalue weighted by Crippen LogP contribution is 2.36. The Morgan fingerprint density at radius 1 is 1.00 bits per heavy atom. The molecule has 1 heterocycles. The van der Waals surface area contributed by atoms with Gasteiger partial charge in [0.25, 0.3) is 0 Å². The third-order valence-corrected chi connectivity index (χ3v) is 5.33. The van der Waals surface area contributed by atoms with E-state index in [1.807, 2.05) is 6.07 Å². The third kappa shape index (κ3) is 4.24. The van der Waals surface area contributed by atoms with Crippen LogP contribution in [0.2, 0.25) is 5.02 Å². The lowest BCUT2D eigenvalue weighted by molar-refractivity contribution is -0.132. The molecule has 3 amide bonds. The molecule has 1 aliphatic carbocycles. The summed E-state index contributed by atoms with van der Waals surface area (Å²) in [4.78, 5) is 38.7. The lowest BCUT2D eigenvalue weighted by Gasteiger charge is -2.30. The number of halogens is 2. The first kappa shape index (κ1) is 19.4. The number of amides is 3. The molecule has 0 aromatic heterocycles. The van der Waals surface area contributed by atoms with E-state index in [-0.39, 0.29) is 22.5 Å². The minimum Gasteiger partial charge on any atom is -0.318 e. The molecule has 6 nitrogen and oxygen atoms in total. The molecule has 0 spiro atoms. The Kier molecular flexibility index (Phi) is 5.24. The normalized spacial score (nSPS) is 15.4. The number of anilines is 3. The molecule has 4 rings (SSSR count). The van der Waals surface area contributed by atoms with Gasteiger partial charge >= 0.3 is 11.8 Å². The van der Waals surface area contributed by atoms with Gasteiger partial charge < -0.3 is 15.5 Å². The largest absolute Gasteiger partial charge is 0.318 e. The van der Waals surface area contributed by atoms with E-state index in [1.54, 1.807) is 17.0 Å². The van der Waals surface area contributed by atoms with Crippen molar-refractivity contribution in [3.05, 3.63) is 52.8 Å². The highest BCUT2D eigenvalue weighted by atomic mass is 35.5. The highest BCUT2D eigenvalue weighted by molar-refractivity contribution is 6.43. The zero-order chi connectivity index (χ0) is 20.5. The molecule has 150 valence electrons. The van der Waals surface area contributed by atoms with Gasteiger partial charge in [-0.2, -0.15) is 0 Å². The molecule has 0 unspecified atom stereocenters. The molecule has 2 aromatic rings. The number of carbonyl (C=O) groups is 3. The number of benzene rings is 2. The van der Waals surface area contributed by atoms with Gasteiger partial charge in [-0.05, 0) is 61.6 Å². The molecule has 1 aliphatic heterocycles. The zero-order valence-corrected chi connectivity index (χ0v) is 16.3. The van der Waals surface area contributed by atoms with Crippen molar-refractivity contribution in [3.8, 4) is 0 Å². The third-order valence-electron chi connectivity index (χ3n) is 5.04. The number of aryl methyl sites for hydroxylation is 1. The van der Waals surface area contributed by atoms with E-state index in [1.165, 1.54) is 12.1 Å². The first-order chi connectivity index (χ1) is 13.9. The van der Waals surface area contributed by atoms with Crippen molar-refractivity contribution in [3.63, 3.8) is 0 Å². The number of carbonyl (C=O) groups excluding carboxylic acids is 3. The molecular formula is C21H19ClFN3O3. The second kappa shape index (κ2) is 7.83. The van der Waals surface area contributed by atoms with E-state index in [0.717, 1.165) is 43.0 Å². The fourth-order valence-corrected chi connectivity index (χ4v) is 3.56. The lowest BCUT2D eigenvalue weighted by Crippen LogP contribution is -2.36. The number of rotatable bonds is 3. The van der Waals surface area contributed by atoms with E-state index >= 15 is 0 Å². The van der Waals surface area contributed by atoms with Crippen LogP contribution in [0.4, 0.5) is 21.5 Å². The summed E-state index contributed by atoms with van der Waals surface area (Å²) in [7, 11) is 0. The summed E-state index contributed by atoms with van der Waals surface area (Å²) in [6.07, 6.45) is 3.62. The van der Waals surface area contributed by atoms with Crippen molar-refractivity contribution >= 4 is 46.4 Å². The fourth-order valence-electron chi connectivity index (χ4n) is 3.38. The van der Waals surface area contributed by atoms with Crippen molar-refractivity contribution in [1.82, 2.24) is 0 Å². The zero-order valence-electron chi connectivity index (χ0n) is 15.5. The van der Waals surface area contributed by atoms with E-state index in [2.05, 4.69) is 10.6 Å². The Morgan fingerprint density at radius 2 is 1.66 bits per heavy atom. The van der Waals surface area contributed by atoms with Crippen LogP contribution in [0.5, 0.6) is 0 Å². The molecule has 0 atom stereocenters. The first-order valence-corrected chi connectivity index (χ1v) is 9.82. The number of nitrogens with one attached hydrogen (secondary N) is 2. The van der Waals surface area contributed by atoms with Crippen molar-refractivity contribution < 1.29 is 18.8 Å². The van der Waals surface area contributed by atoms with Crippen LogP contribution in [-0.4, -0.2) is 24.3 Å². The Morgan fingerprint density at radius 3 is 2.31 bits per heavy atom. The monoisotopic (exact) mass is 415 g/mol. The Hall–Kier alpha value is -2.93. The predicted molar refractivity (Wildman–Crippen MR) is 109 cm³/mol. The summed E-state index contributed by atoms with van der Waals surface area (Å²) in [5, 5.41) is 4.77. The Labute approximate surface area is 172 Å². The van der Waals surface area contributed by atoms with Crippen molar-refractivity contribution in [2.24, 2.45) is 5.92 Å². The van der Waals surface area contributed by atoms with Gasteiger partial charge in [-0.25, -0.2) is 4.39 Å². The minimum absolute atomic E-state index is 0.104. The van der Waals surface area contributed by atoms with Crippen molar-refractivity contribution in [2.75, 3.05) is 22.1 Å². The standard InChI is InChI=1S/C21H19ClFN3O3/c22-16-10-14(7-8-17(16)23)24-19(27)20(28)25-15-6-5-12-2-1-9-26(18(12)11-15)21(29)13-3-4-13/h5-8,10-11,13H,1-4,9H2,(H,24,27)(H,25,28). The van der Waals surface area contributed by atoms with Crippen molar-refractivity contribution in [2.45, 2.75) is 25.7 Å². The average Bonchev–Trinajstić information content (AvgIpc) is 3.55. The molecule has 2 aliphatic rings. The second-order valence-corrected chi connectivity index (χ2v) is 7.66. The molecule has 29 heavy (non-hydrogen) atoms. The Balaban J connectivity index is 1.46. The van der Waals surface area contributed by atoms with E-state index < -0.39 is 17.6 Å². The first-order valence-electron chi connectivity index (χ1n) is 9.44. The van der Waals surface area contributed by atoms with Gasteiger partial charge in [0.1, 0.15) is 5.82 Å². The summed E-state index contributed by atoms with van der Waals surface area (Å²) in [5.41, 5.74) is 2.48. The van der Waals surface area contributed by atoms with Gasteiger partial charge in [0.15, 0.2) is 0 Å². The van der Waals surface area contributed by atoms with Gasteiger partial charge in [-0.15, -0.1) is 0 Å². The molecule has 2 aromatic carbocycles. The summed E-state index contributed by atoms with van der Waals surface area (Å²) in [5.74, 6) is -2.17. The van der Waals surface area contributed by atoms with Crippen molar-refractivity contribution in [1.29, 1.82) is 0 Å². The maximum Gasteiger partial charge on any atom is 0.314 e. The van der Waals surface area contributed by atoms with Gasteiger partial charge in [-0.1, -0.05) is 17.7 Å². The molecule has 0 saturated heterocycles. The van der Waals surface area contributed by atoms with Crippen LogP contribution in [0.3, 0.4) is 0 Å². The number of hydrogen-bond donors (Lipinski definition) is 2. The van der Waals surface area contributed by atoms with Gasteiger partial charge in [0.05, 0.1) is 5.02 Å². The van der Waals surface area contributed by atoms with E-state index in [4.69, 9.17) is 11.6 Å². The average molecular weight is 416 g/mol. The molecule has 0 bridgehead atoms. The summed E-state index contributed by atoms with van der Waals surface area (Å²) < 4.78 is 13.2. The minimum atomic E-state index is -0.906. The topological polar surface area (TPSA) is 78.5 Å². The van der Waals surface area contributed by atoms with Crippen LogP contribution in [0.1, 0.15) is 24.8 Å². The molecule has 0 radical (unpaired) electrons. The van der Waals surface area contributed by atoms with Gasteiger partial charge in [0, 0.05) is 29.5 Å². The maximum atomic E-state index is 13.2. The van der Waals surface area contributed by atoms with Crippen LogP contribution in [0.25, 0.3) is 0 Å². The summed E-state index contributed by atoms with van der Waals surface area (Å²) in [6, 6.07) is 8.95. The van der Waals surface area contributed by atoms with Crippen LogP contribution in [-0.2, 0) is 20.8 Å². The summed E-state index contributed by atoms with van der Waals surface area (Å²) in [6.45, 7) is 0.658. The van der Waals surface area contributed by atoms with Crippen LogP contribution in [0.15, 0.2) is 36.4 Å². The number of hydrogen-bond acceptors (Lipinski definition) is 3. The van der Waals surface area contributed by atoms with E-state index in [9.17, 15) is 18.8 Å². The SMILES string of the molecule is O=C(Nc1ccc(F)c(Cl)c1)C(=O)Nc1ccc2c(c1)N(C(=O)C1CC1)CCC2. The lowest BCUT2D eigenvalue weighted by atomic mass is 10.0. The molecule has 1 saturated carbocycles. The molecular weight excluding hydrogens is 397 g/mol.